The predicted molar refractivity (Wildman–Crippen MR) is 80.5 cm³/mol. The zero-order valence-electron chi connectivity index (χ0n) is 11.1. The first kappa shape index (κ1) is 15.6. The molecule has 0 radical (unpaired) electrons. The molecule has 3 nitrogen and oxygen atoms in total. The summed E-state index contributed by atoms with van der Waals surface area (Å²) in [5.74, 6) is 0. The molecule has 1 aromatic rings. The van der Waals surface area contributed by atoms with Gasteiger partial charge in [0, 0.05) is 17.0 Å². The molecule has 3 atom stereocenters. The van der Waals surface area contributed by atoms with E-state index in [0.717, 1.165) is 10.2 Å². The predicted octanol–water partition coefficient (Wildman–Crippen LogP) is 3.52. The Kier molecular flexibility index (Phi) is 6.30. The largest absolute Gasteiger partial charge is 0.326 e. The van der Waals surface area contributed by atoms with Crippen molar-refractivity contribution in [3.8, 4) is 6.07 Å². The average Bonchev–Trinajstić information content (AvgIpc) is 2.75. The highest BCUT2D eigenvalue weighted by Gasteiger charge is 2.27. The van der Waals surface area contributed by atoms with Gasteiger partial charge in [-0.15, -0.1) is 11.3 Å². The Bertz CT molecular complexity index is 413. The first-order valence-corrected chi connectivity index (χ1v) is 7.71. The molecule has 0 aliphatic carbocycles. The number of nitrogens with zero attached hydrogens (tertiary/aromatic N) is 2. The minimum absolute atomic E-state index is 0.0849. The van der Waals surface area contributed by atoms with E-state index in [1.165, 1.54) is 4.88 Å². The molecule has 2 N–H and O–H groups in total. The molecule has 0 saturated heterocycles. The van der Waals surface area contributed by atoms with E-state index in [1.807, 2.05) is 0 Å². The second kappa shape index (κ2) is 7.25. The smallest absolute Gasteiger partial charge is 0.0702 e. The Balaban J connectivity index is 2.95. The van der Waals surface area contributed by atoms with Crippen molar-refractivity contribution < 1.29 is 0 Å². The lowest BCUT2D eigenvalue weighted by atomic mass is 10.0. The maximum absolute atomic E-state index is 8.83. The van der Waals surface area contributed by atoms with Gasteiger partial charge >= 0.3 is 0 Å². The first-order chi connectivity index (χ1) is 8.51. The number of halogens is 1. The van der Waals surface area contributed by atoms with Gasteiger partial charge in [0.25, 0.3) is 0 Å². The van der Waals surface area contributed by atoms with Crippen molar-refractivity contribution in [2.75, 3.05) is 7.05 Å². The highest BCUT2D eigenvalue weighted by molar-refractivity contribution is 9.11. The summed E-state index contributed by atoms with van der Waals surface area (Å²) in [4.78, 5) is 3.47. The second-order valence-electron chi connectivity index (χ2n) is 4.54. The molecule has 0 saturated carbocycles. The summed E-state index contributed by atoms with van der Waals surface area (Å²) < 4.78 is 1.12. The van der Waals surface area contributed by atoms with E-state index >= 15 is 0 Å². The number of nitrogens with two attached hydrogens (primary N) is 1. The first-order valence-electron chi connectivity index (χ1n) is 6.10. The topological polar surface area (TPSA) is 53.0 Å². The van der Waals surface area contributed by atoms with E-state index in [2.05, 4.69) is 59.9 Å². The van der Waals surface area contributed by atoms with Crippen LogP contribution in [0.3, 0.4) is 0 Å². The van der Waals surface area contributed by atoms with Crippen LogP contribution in [-0.2, 0) is 0 Å². The molecule has 0 fully saturated rings. The molecule has 0 aliphatic rings. The number of rotatable bonds is 6. The minimum atomic E-state index is 0.0849. The maximum atomic E-state index is 8.83. The molecule has 0 amide bonds. The van der Waals surface area contributed by atoms with Crippen LogP contribution in [0.1, 0.15) is 37.6 Å². The van der Waals surface area contributed by atoms with E-state index in [1.54, 1.807) is 11.3 Å². The fourth-order valence-electron chi connectivity index (χ4n) is 1.97. The molecule has 3 unspecified atom stereocenters. The Hall–Kier alpha value is -0.410. The van der Waals surface area contributed by atoms with Crippen LogP contribution in [0.4, 0.5) is 0 Å². The Labute approximate surface area is 122 Å². The van der Waals surface area contributed by atoms with Gasteiger partial charge in [-0.05, 0) is 48.5 Å². The van der Waals surface area contributed by atoms with E-state index in [9.17, 15) is 0 Å². The third kappa shape index (κ3) is 3.79. The van der Waals surface area contributed by atoms with Crippen LogP contribution < -0.4 is 5.73 Å². The second-order valence-corrected chi connectivity index (χ2v) is 7.03. The van der Waals surface area contributed by atoms with Gasteiger partial charge in [0.15, 0.2) is 0 Å². The van der Waals surface area contributed by atoms with Gasteiger partial charge in [-0.1, -0.05) is 6.92 Å². The monoisotopic (exact) mass is 329 g/mol. The molecule has 1 heterocycles. The van der Waals surface area contributed by atoms with Crippen LogP contribution in [0.2, 0.25) is 0 Å². The summed E-state index contributed by atoms with van der Waals surface area (Å²) in [6.07, 6.45) is 1.44. The fourth-order valence-corrected chi connectivity index (χ4v) is 3.63. The van der Waals surface area contributed by atoms with Gasteiger partial charge in [-0.3, -0.25) is 4.90 Å². The number of likely N-dealkylation sites (N-methyl/N-ethyl adjacent to an activating group) is 1. The zero-order chi connectivity index (χ0) is 13.7. The molecule has 0 spiro atoms. The summed E-state index contributed by atoms with van der Waals surface area (Å²) in [5, 5.41) is 8.83. The van der Waals surface area contributed by atoms with E-state index in [-0.39, 0.29) is 18.1 Å². The van der Waals surface area contributed by atoms with Gasteiger partial charge in [-0.2, -0.15) is 5.26 Å². The van der Waals surface area contributed by atoms with Crippen LogP contribution in [0, 0.1) is 11.3 Å². The molecule has 0 aromatic carbocycles. The molecule has 1 aromatic heterocycles. The summed E-state index contributed by atoms with van der Waals surface area (Å²) >= 11 is 5.21. The van der Waals surface area contributed by atoms with Gasteiger partial charge in [0.1, 0.15) is 0 Å². The third-order valence-electron chi connectivity index (χ3n) is 3.28. The van der Waals surface area contributed by atoms with E-state index in [4.69, 9.17) is 11.0 Å². The van der Waals surface area contributed by atoms with Crippen LogP contribution in [0.5, 0.6) is 0 Å². The van der Waals surface area contributed by atoms with E-state index in [0.29, 0.717) is 6.42 Å². The van der Waals surface area contributed by atoms with Crippen molar-refractivity contribution in [3.63, 3.8) is 0 Å². The quantitative estimate of drug-likeness (QED) is 0.868. The molecular formula is C13H20BrN3S. The molecule has 100 valence electrons. The van der Waals surface area contributed by atoms with Crippen molar-refractivity contribution in [3.05, 3.63) is 20.8 Å². The Morgan fingerprint density at radius 2 is 2.22 bits per heavy atom. The molecule has 0 bridgehead atoms. The SMILES string of the molecule is CCC(N)C(c1ccc(Br)s1)N(C)C(C)CC#N. The summed E-state index contributed by atoms with van der Waals surface area (Å²) in [6, 6.07) is 6.87. The van der Waals surface area contributed by atoms with Crippen molar-refractivity contribution in [1.29, 1.82) is 5.26 Å². The van der Waals surface area contributed by atoms with Gasteiger partial charge in [0.05, 0.1) is 22.3 Å². The number of thiophene rings is 1. The van der Waals surface area contributed by atoms with Gasteiger partial charge in [0.2, 0.25) is 0 Å². The molecule has 18 heavy (non-hydrogen) atoms. The minimum Gasteiger partial charge on any atom is -0.326 e. The zero-order valence-corrected chi connectivity index (χ0v) is 13.5. The van der Waals surface area contributed by atoms with Crippen molar-refractivity contribution in [2.45, 2.75) is 44.8 Å². The Morgan fingerprint density at radius 3 is 2.67 bits per heavy atom. The molecule has 1 rings (SSSR count). The van der Waals surface area contributed by atoms with Crippen LogP contribution >= 0.6 is 27.3 Å². The maximum Gasteiger partial charge on any atom is 0.0702 e. The van der Waals surface area contributed by atoms with Gasteiger partial charge in [-0.25, -0.2) is 0 Å². The molecule has 0 aliphatic heterocycles. The van der Waals surface area contributed by atoms with Crippen molar-refractivity contribution >= 4 is 27.3 Å². The highest BCUT2D eigenvalue weighted by Crippen LogP contribution is 2.33. The van der Waals surface area contributed by atoms with Crippen LogP contribution in [0.25, 0.3) is 0 Å². The lowest BCUT2D eigenvalue weighted by molar-refractivity contribution is 0.163. The van der Waals surface area contributed by atoms with Crippen molar-refractivity contribution in [1.82, 2.24) is 4.90 Å². The number of nitriles is 1. The Morgan fingerprint density at radius 1 is 1.56 bits per heavy atom. The molecular weight excluding hydrogens is 310 g/mol. The van der Waals surface area contributed by atoms with Gasteiger partial charge < -0.3 is 5.73 Å². The highest BCUT2D eigenvalue weighted by atomic mass is 79.9. The van der Waals surface area contributed by atoms with Crippen LogP contribution in [0.15, 0.2) is 15.9 Å². The third-order valence-corrected chi connectivity index (χ3v) is 4.98. The summed E-state index contributed by atoms with van der Waals surface area (Å²) in [7, 11) is 2.05. The molecule has 5 heteroatoms. The van der Waals surface area contributed by atoms with Crippen LogP contribution in [-0.4, -0.2) is 24.0 Å². The summed E-state index contributed by atoms with van der Waals surface area (Å²) in [5.41, 5.74) is 6.26. The fraction of sp³-hybridized carbons (Fsp3) is 0.615. The summed E-state index contributed by atoms with van der Waals surface area (Å²) in [6.45, 7) is 4.17. The number of hydrogen-bond donors (Lipinski definition) is 1. The normalized spacial score (nSPS) is 16.3. The standard InChI is InChI=1S/C13H20BrN3S/c1-4-10(16)13(11-5-6-12(14)18-11)17(3)9(2)7-8-15/h5-6,9-10,13H,4,7,16H2,1-3H3. The van der Waals surface area contributed by atoms with E-state index < -0.39 is 0 Å². The lowest BCUT2D eigenvalue weighted by Crippen LogP contribution is -2.42. The van der Waals surface area contributed by atoms with Crippen molar-refractivity contribution in [2.24, 2.45) is 5.73 Å². The lowest BCUT2D eigenvalue weighted by Gasteiger charge is -2.35. The number of hydrogen-bond acceptors (Lipinski definition) is 4. The average molecular weight is 330 g/mol.